The Bertz CT molecular complexity index is 826. The van der Waals surface area contributed by atoms with Crippen LogP contribution in [0.25, 0.3) is 0 Å². The molecule has 1 amide bonds. The van der Waals surface area contributed by atoms with Gasteiger partial charge in [-0.3, -0.25) is 4.90 Å². The van der Waals surface area contributed by atoms with Crippen LogP contribution in [0, 0.1) is 5.92 Å². The normalized spacial score (nSPS) is 25.7. The first-order valence-electron chi connectivity index (χ1n) is 10.7. The molecule has 30 heavy (non-hydrogen) atoms. The highest BCUT2D eigenvalue weighted by molar-refractivity contribution is 5.68. The van der Waals surface area contributed by atoms with Gasteiger partial charge in [-0.25, -0.2) is 9.18 Å². The first-order valence-corrected chi connectivity index (χ1v) is 10.7. The maximum absolute atomic E-state index is 15.7. The predicted molar refractivity (Wildman–Crippen MR) is 116 cm³/mol. The Kier molecular flexibility index (Phi) is 5.58. The first-order chi connectivity index (χ1) is 14.3. The Hall–Kier alpha value is -2.40. The summed E-state index contributed by atoms with van der Waals surface area (Å²) in [4.78, 5) is 16.3. The molecular formula is C25H31FN2O2. The summed E-state index contributed by atoms with van der Waals surface area (Å²) in [6.07, 6.45) is -0.743. The zero-order valence-electron chi connectivity index (χ0n) is 18.1. The van der Waals surface area contributed by atoms with Crippen LogP contribution in [0.1, 0.15) is 38.3 Å². The molecule has 2 aromatic rings. The van der Waals surface area contributed by atoms with Gasteiger partial charge in [-0.15, -0.1) is 0 Å². The lowest BCUT2D eigenvalue weighted by Gasteiger charge is -2.41. The van der Waals surface area contributed by atoms with Gasteiger partial charge in [0.25, 0.3) is 0 Å². The fourth-order valence-corrected chi connectivity index (χ4v) is 4.65. The third-order valence-corrected chi connectivity index (χ3v) is 6.16. The highest BCUT2D eigenvalue weighted by Gasteiger charge is 2.66. The molecule has 4 rings (SSSR count). The number of rotatable bonds is 5. The lowest BCUT2D eigenvalue weighted by molar-refractivity contribution is -0.0142. The van der Waals surface area contributed by atoms with Crippen LogP contribution >= 0.6 is 0 Å². The summed E-state index contributed by atoms with van der Waals surface area (Å²) in [5, 5.41) is 0. The number of carbonyl (C=O) groups is 1. The molecule has 0 radical (unpaired) electrons. The van der Waals surface area contributed by atoms with Crippen LogP contribution in [0.5, 0.6) is 0 Å². The van der Waals surface area contributed by atoms with Crippen molar-refractivity contribution in [2.75, 3.05) is 13.1 Å². The van der Waals surface area contributed by atoms with Crippen molar-refractivity contribution in [2.24, 2.45) is 5.92 Å². The zero-order chi connectivity index (χ0) is 21.4. The quantitative estimate of drug-likeness (QED) is 0.693. The number of fused-ring (bicyclic) bond motifs is 1. The molecule has 0 aromatic heterocycles. The van der Waals surface area contributed by atoms with Crippen LogP contribution in [-0.4, -0.2) is 46.3 Å². The number of benzene rings is 2. The summed E-state index contributed by atoms with van der Waals surface area (Å²) in [5.41, 5.74) is 1.27. The Morgan fingerprint density at radius 1 is 1.03 bits per heavy atom. The van der Waals surface area contributed by atoms with Crippen LogP contribution in [0.3, 0.4) is 0 Å². The van der Waals surface area contributed by atoms with Gasteiger partial charge in [0, 0.05) is 19.6 Å². The number of alkyl halides is 1. The van der Waals surface area contributed by atoms with Crippen molar-refractivity contribution in [3.63, 3.8) is 0 Å². The second kappa shape index (κ2) is 8.03. The topological polar surface area (TPSA) is 32.8 Å². The largest absolute Gasteiger partial charge is 0.444 e. The third-order valence-electron chi connectivity index (χ3n) is 6.16. The molecule has 0 N–H and O–H groups in total. The van der Waals surface area contributed by atoms with Gasteiger partial charge in [0.15, 0.2) is 0 Å². The lowest BCUT2D eigenvalue weighted by Crippen LogP contribution is -2.56. The third kappa shape index (κ3) is 4.36. The Balaban J connectivity index is 1.53. The van der Waals surface area contributed by atoms with E-state index in [-0.39, 0.29) is 12.5 Å². The summed E-state index contributed by atoms with van der Waals surface area (Å²) in [6, 6.07) is 20.5. The summed E-state index contributed by atoms with van der Waals surface area (Å²) in [7, 11) is 0. The molecule has 3 atom stereocenters. The highest BCUT2D eigenvalue weighted by Crippen LogP contribution is 2.56. The number of amides is 1. The van der Waals surface area contributed by atoms with Gasteiger partial charge in [-0.2, -0.15) is 0 Å². The number of hydrogen-bond acceptors (Lipinski definition) is 3. The van der Waals surface area contributed by atoms with Crippen molar-refractivity contribution >= 4 is 6.09 Å². The second-order valence-corrected chi connectivity index (χ2v) is 9.57. The van der Waals surface area contributed by atoms with Gasteiger partial charge in [0.05, 0.1) is 12.1 Å². The number of likely N-dealkylation sites (tertiary alicyclic amines) is 1. The van der Waals surface area contributed by atoms with Gasteiger partial charge < -0.3 is 9.64 Å². The molecule has 0 spiro atoms. The van der Waals surface area contributed by atoms with Gasteiger partial charge in [-0.1, -0.05) is 60.7 Å². The van der Waals surface area contributed by atoms with Crippen LogP contribution in [0.15, 0.2) is 60.7 Å². The minimum Gasteiger partial charge on any atom is -0.444 e. The minimum absolute atomic E-state index is 0.0888. The maximum atomic E-state index is 15.7. The second-order valence-electron chi connectivity index (χ2n) is 9.57. The van der Waals surface area contributed by atoms with E-state index in [1.807, 2.05) is 57.2 Å². The van der Waals surface area contributed by atoms with Crippen molar-refractivity contribution in [1.29, 1.82) is 0 Å². The lowest BCUT2D eigenvalue weighted by atomic mass is 9.98. The molecule has 5 heteroatoms. The Labute approximate surface area is 178 Å². The van der Waals surface area contributed by atoms with Gasteiger partial charge in [0.1, 0.15) is 11.8 Å². The van der Waals surface area contributed by atoms with E-state index in [9.17, 15) is 4.79 Å². The van der Waals surface area contributed by atoms with Crippen LogP contribution in [-0.2, 0) is 17.8 Å². The van der Waals surface area contributed by atoms with E-state index in [1.54, 1.807) is 4.90 Å². The van der Waals surface area contributed by atoms with E-state index in [1.165, 1.54) is 11.1 Å². The van der Waals surface area contributed by atoms with E-state index in [0.717, 1.165) is 6.42 Å². The van der Waals surface area contributed by atoms with Crippen molar-refractivity contribution < 1.29 is 13.9 Å². The van der Waals surface area contributed by atoms with Crippen molar-refractivity contribution in [3.8, 4) is 0 Å². The molecule has 1 saturated carbocycles. The Morgan fingerprint density at radius 3 is 2.03 bits per heavy atom. The summed E-state index contributed by atoms with van der Waals surface area (Å²) in [5.74, 6) is 0.126. The molecule has 1 saturated heterocycles. The number of ether oxygens (including phenoxy) is 1. The van der Waals surface area contributed by atoms with E-state index in [2.05, 4.69) is 29.2 Å². The maximum Gasteiger partial charge on any atom is 0.410 e. The molecule has 160 valence electrons. The fraction of sp³-hybridized carbons (Fsp3) is 0.480. The van der Waals surface area contributed by atoms with Crippen LogP contribution in [0.2, 0.25) is 0 Å². The minimum atomic E-state index is -1.10. The van der Waals surface area contributed by atoms with E-state index in [0.29, 0.717) is 19.6 Å². The van der Waals surface area contributed by atoms with E-state index in [4.69, 9.17) is 4.74 Å². The standard InChI is InChI=1S/C25H31FN2O2/c1-24(2,3)30-23(29)27-17-21-14-25(21,22(26)18-27)28(15-19-10-6-4-7-11-19)16-20-12-8-5-9-13-20/h4-13,21-22H,14-18H2,1-3H3. The molecule has 3 unspecified atom stereocenters. The predicted octanol–water partition coefficient (Wildman–Crippen LogP) is 5.04. The average molecular weight is 411 g/mol. The summed E-state index contributed by atoms with van der Waals surface area (Å²) >= 11 is 0. The summed E-state index contributed by atoms with van der Waals surface area (Å²) in [6.45, 7) is 7.54. The van der Waals surface area contributed by atoms with Gasteiger partial charge in [-0.05, 0) is 44.2 Å². The monoisotopic (exact) mass is 410 g/mol. The zero-order valence-corrected chi connectivity index (χ0v) is 18.1. The molecule has 2 aliphatic rings. The molecule has 1 aliphatic heterocycles. The Morgan fingerprint density at radius 2 is 1.57 bits per heavy atom. The highest BCUT2D eigenvalue weighted by atomic mass is 19.1. The molecular weight excluding hydrogens is 379 g/mol. The number of nitrogens with zero attached hydrogens (tertiary/aromatic N) is 2. The molecule has 1 aliphatic carbocycles. The molecule has 1 heterocycles. The fourth-order valence-electron chi connectivity index (χ4n) is 4.65. The SMILES string of the molecule is CC(C)(C)OC(=O)N1CC(F)C2(N(Cc3ccccc3)Cc3ccccc3)CC2C1. The number of carbonyl (C=O) groups excluding carboxylic acids is 1. The van der Waals surface area contributed by atoms with Gasteiger partial charge in [0.2, 0.25) is 0 Å². The number of piperidine rings is 1. The first kappa shape index (κ1) is 20.9. The molecule has 0 bridgehead atoms. The van der Waals surface area contributed by atoms with Crippen molar-refractivity contribution in [2.45, 2.75) is 57.6 Å². The van der Waals surface area contributed by atoms with E-state index >= 15 is 4.39 Å². The number of hydrogen-bond donors (Lipinski definition) is 0. The summed E-state index contributed by atoms with van der Waals surface area (Å²) < 4.78 is 21.2. The molecule has 2 aromatic carbocycles. The van der Waals surface area contributed by atoms with Crippen LogP contribution < -0.4 is 0 Å². The van der Waals surface area contributed by atoms with Crippen molar-refractivity contribution in [1.82, 2.24) is 9.80 Å². The van der Waals surface area contributed by atoms with Crippen molar-refractivity contribution in [3.05, 3.63) is 71.8 Å². The van der Waals surface area contributed by atoms with Gasteiger partial charge >= 0.3 is 6.09 Å². The van der Waals surface area contributed by atoms with Crippen LogP contribution in [0.4, 0.5) is 9.18 Å². The molecule has 4 nitrogen and oxygen atoms in total. The average Bonchev–Trinajstić information content (AvgIpc) is 3.44. The molecule has 2 fully saturated rings. The smallest absolute Gasteiger partial charge is 0.410 e. The number of halogens is 1. The van der Waals surface area contributed by atoms with E-state index < -0.39 is 23.4 Å².